The van der Waals surface area contributed by atoms with Gasteiger partial charge in [-0.1, -0.05) is 18.2 Å². The molecule has 1 amide bonds. The summed E-state index contributed by atoms with van der Waals surface area (Å²) in [5.41, 5.74) is -0.0465. The van der Waals surface area contributed by atoms with Crippen molar-refractivity contribution >= 4 is 49.8 Å². The van der Waals surface area contributed by atoms with Crippen molar-refractivity contribution in [1.82, 2.24) is 19.6 Å². The Hall–Kier alpha value is -2.78. The third-order valence-corrected chi connectivity index (χ3v) is 5.74. The van der Waals surface area contributed by atoms with Crippen LogP contribution in [0.1, 0.15) is 15.4 Å². The van der Waals surface area contributed by atoms with Gasteiger partial charge in [-0.25, -0.2) is 9.36 Å². The van der Waals surface area contributed by atoms with Crippen molar-refractivity contribution in [1.29, 1.82) is 0 Å². The van der Waals surface area contributed by atoms with Crippen LogP contribution in [-0.4, -0.2) is 25.5 Å². The second kappa shape index (κ2) is 7.09. The Bertz CT molecular complexity index is 1210. The van der Waals surface area contributed by atoms with Gasteiger partial charge in [0.05, 0.1) is 18.1 Å². The molecule has 1 aromatic carbocycles. The summed E-state index contributed by atoms with van der Waals surface area (Å²) in [4.78, 5) is 26.2. The van der Waals surface area contributed by atoms with Crippen molar-refractivity contribution in [2.24, 2.45) is 7.05 Å². The van der Waals surface area contributed by atoms with Gasteiger partial charge in [0, 0.05) is 33.2 Å². The maximum atomic E-state index is 12.9. The second-order valence-electron chi connectivity index (χ2n) is 5.88. The molecule has 0 spiro atoms. The Balaban J connectivity index is 1.66. The van der Waals surface area contributed by atoms with Crippen LogP contribution in [0.4, 0.5) is 5.82 Å². The number of hydrogen-bond acceptors (Lipinski definition) is 5. The lowest BCUT2D eigenvalue weighted by Crippen LogP contribution is -2.26. The van der Waals surface area contributed by atoms with Gasteiger partial charge in [-0.05, 0) is 28.1 Å². The van der Waals surface area contributed by atoms with E-state index >= 15 is 0 Å². The quantitative estimate of drug-likeness (QED) is 0.524. The minimum absolute atomic E-state index is 0.194. The molecule has 7 nitrogen and oxygen atoms in total. The highest BCUT2D eigenvalue weighted by Gasteiger charge is 2.17. The molecular weight excluding hydrogens is 430 g/mol. The lowest BCUT2D eigenvalue weighted by molar-refractivity contribution is 0.102. The van der Waals surface area contributed by atoms with Gasteiger partial charge in [0.25, 0.3) is 11.5 Å². The largest absolute Gasteiger partial charge is 0.305 e. The Morgan fingerprint density at radius 1 is 1.26 bits per heavy atom. The number of nitrogens with one attached hydrogen (secondary N) is 1. The van der Waals surface area contributed by atoms with Gasteiger partial charge in [0.2, 0.25) is 0 Å². The summed E-state index contributed by atoms with van der Waals surface area (Å²) in [7, 11) is 1.53. The number of benzene rings is 1. The van der Waals surface area contributed by atoms with Crippen LogP contribution in [0.25, 0.3) is 10.8 Å². The number of carbonyl (C=O) groups is 1. The smallest absolute Gasteiger partial charge is 0.277 e. The zero-order valence-corrected chi connectivity index (χ0v) is 16.6. The minimum Gasteiger partial charge on any atom is -0.305 e. The summed E-state index contributed by atoms with van der Waals surface area (Å²) in [6.45, 7) is 0.542. The zero-order chi connectivity index (χ0) is 19.0. The van der Waals surface area contributed by atoms with Gasteiger partial charge in [0.1, 0.15) is 5.82 Å². The molecule has 136 valence electrons. The van der Waals surface area contributed by atoms with E-state index in [1.807, 2.05) is 11.4 Å². The predicted molar refractivity (Wildman–Crippen MR) is 108 cm³/mol. The molecule has 0 radical (unpaired) electrons. The Kier molecular flexibility index (Phi) is 4.63. The highest BCUT2D eigenvalue weighted by molar-refractivity contribution is 9.10. The summed E-state index contributed by atoms with van der Waals surface area (Å²) in [6.07, 6.45) is 1.63. The summed E-state index contributed by atoms with van der Waals surface area (Å²) >= 11 is 5.04. The minimum atomic E-state index is -0.393. The zero-order valence-electron chi connectivity index (χ0n) is 14.2. The lowest BCUT2D eigenvalue weighted by atomic mass is 10.1. The molecule has 4 aromatic rings. The van der Waals surface area contributed by atoms with Crippen LogP contribution in [0.3, 0.4) is 0 Å². The van der Waals surface area contributed by atoms with Gasteiger partial charge in [0.15, 0.2) is 5.69 Å². The number of amides is 1. The highest BCUT2D eigenvalue weighted by atomic mass is 79.9. The molecule has 0 atom stereocenters. The van der Waals surface area contributed by atoms with Crippen LogP contribution in [0, 0.1) is 0 Å². The van der Waals surface area contributed by atoms with Gasteiger partial charge >= 0.3 is 0 Å². The molecule has 0 unspecified atom stereocenters. The van der Waals surface area contributed by atoms with Gasteiger partial charge in [-0.2, -0.15) is 10.2 Å². The van der Waals surface area contributed by atoms with Crippen molar-refractivity contribution in [3.05, 3.63) is 73.4 Å². The van der Waals surface area contributed by atoms with Crippen LogP contribution in [0.2, 0.25) is 0 Å². The fraction of sp³-hybridized carbons (Fsp3) is 0.111. The molecule has 0 aliphatic rings. The molecule has 0 saturated carbocycles. The molecule has 0 bridgehead atoms. The molecule has 3 aromatic heterocycles. The number of rotatable bonds is 4. The van der Waals surface area contributed by atoms with Crippen LogP contribution in [0.5, 0.6) is 0 Å². The Labute approximate surface area is 166 Å². The summed E-state index contributed by atoms with van der Waals surface area (Å²) in [5.74, 6) is 0.167. The molecule has 3 heterocycles. The van der Waals surface area contributed by atoms with Crippen LogP contribution in [-0.2, 0) is 13.6 Å². The van der Waals surface area contributed by atoms with E-state index < -0.39 is 5.91 Å². The first-order valence-corrected chi connectivity index (χ1v) is 9.72. The predicted octanol–water partition coefficient (Wildman–Crippen LogP) is 3.25. The number of aryl methyl sites for hydroxylation is 1. The number of hydrogen-bond donors (Lipinski definition) is 1. The summed E-state index contributed by atoms with van der Waals surface area (Å²) < 4.78 is 3.90. The number of thiophene rings is 1. The summed E-state index contributed by atoms with van der Waals surface area (Å²) in [5, 5.41) is 14.3. The normalized spacial score (nSPS) is 11.0. The molecule has 4 rings (SSSR count). The third-order valence-electron chi connectivity index (χ3n) is 4.06. The molecule has 0 fully saturated rings. The first kappa shape index (κ1) is 17.6. The van der Waals surface area contributed by atoms with Crippen molar-refractivity contribution in [2.45, 2.75) is 6.54 Å². The van der Waals surface area contributed by atoms with E-state index in [9.17, 15) is 9.59 Å². The number of carbonyl (C=O) groups excluding carboxylic acids is 1. The summed E-state index contributed by atoms with van der Waals surface area (Å²) in [6, 6.07) is 10.7. The number of aromatic nitrogens is 4. The van der Waals surface area contributed by atoms with E-state index in [-0.39, 0.29) is 11.3 Å². The molecule has 0 aliphatic carbocycles. The van der Waals surface area contributed by atoms with Gasteiger partial charge in [-0.15, -0.1) is 11.3 Å². The van der Waals surface area contributed by atoms with E-state index in [1.165, 1.54) is 11.7 Å². The average Bonchev–Trinajstić information content (AvgIpc) is 3.27. The Morgan fingerprint density at radius 3 is 2.78 bits per heavy atom. The number of anilines is 1. The molecule has 0 saturated heterocycles. The van der Waals surface area contributed by atoms with Crippen molar-refractivity contribution in [3.8, 4) is 0 Å². The van der Waals surface area contributed by atoms with Crippen molar-refractivity contribution < 1.29 is 4.79 Å². The Morgan fingerprint density at radius 2 is 2.04 bits per heavy atom. The maximum absolute atomic E-state index is 12.9. The second-order valence-corrected chi connectivity index (χ2v) is 7.79. The average molecular weight is 444 g/mol. The number of halogens is 1. The van der Waals surface area contributed by atoms with Crippen molar-refractivity contribution in [2.75, 3.05) is 5.32 Å². The van der Waals surface area contributed by atoms with E-state index in [0.29, 0.717) is 23.1 Å². The maximum Gasteiger partial charge on any atom is 0.277 e. The standard InChI is InChI=1S/C18H14BrN5O2S/c1-23-18(26)14-5-3-2-4-13(14)16(22-23)17(25)21-15-6-7-20-24(15)9-12-8-11(19)10-27-12/h2-8,10H,9H2,1H3,(H,21,25). The fourth-order valence-electron chi connectivity index (χ4n) is 2.79. The highest BCUT2D eigenvalue weighted by Crippen LogP contribution is 2.22. The van der Waals surface area contributed by atoms with E-state index in [2.05, 4.69) is 31.4 Å². The monoisotopic (exact) mass is 443 g/mol. The van der Waals surface area contributed by atoms with Gasteiger partial charge < -0.3 is 5.32 Å². The van der Waals surface area contributed by atoms with Crippen LogP contribution >= 0.6 is 27.3 Å². The SMILES string of the molecule is Cn1nc(C(=O)Nc2ccnn2Cc2cc(Br)cs2)c2ccccc2c1=O. The fourth-order valence-corrected chi connectivity index (χ4v) is 4.22. The first-order chi connectivity index (χ1) is 13.0. The molecule has 1 N–H and O–H groups in total. The van der Waals surface area contributed by atoms with Crippen molar-refractivity contribution in [3.63, 3.8) is 0 Å². The van der Waals surface area contributed by atoms with Crippen LogP contribution < -0.4 is 10.9 Å². The lowest BCUT2D eigenvalue weighted by Gasteiger charge is -2.10. The molecule has 27 heavy (non-hydrogen) atoms. The first-order valence-electron chi connectivity index (χ1n) is 8.05. The van der Waals surface area contributed by atoms with Crippen LogP contribution in [0.15, 0.2) is 57.2 Å². The molecule has 9 heteroatoms. The number of nitrogens with zero attached hydrogens (tertiary/aromatic N) is 4. The number of fused-ring (bicyclic) bond motifs is 1. The van der Waals surface area contributed by atoms with E-state index in [1.54, 1.807) is 52.5 Å². The molecule has 0 aliphatic heterocycles. The topological polar surface area (TPSA) is 81.8 Å². The molecular formula is C18H14BrN5O2S. The van der Waals surface area contributed by atoms with E-state index in [4.69, 9.17) is 0 Å². The van der Waals surface area contributed by atoms with Gasteiger partial charge in [-0.3, -0.25) is 9.59 Å². The third kappa shape index (κ3) is 3.43. The van der Waals surface area contributed by atoms with E-state index in [0.717, 1.165) is 9.35 Å².